The second kappa shape index (κ2) is 4.33. The Labute approximate surface area is 91.9 Å². The second-order valence-corrected chi connectivity index (χ2v) is 4.71. The molecule has 2 nitrogen and oxygen atoms in total. The summed E-state index contributed by atoms with van der Waals surface area (Å²) in [5, 5.41) is 3.62. The number of hydrogen-bond acceptors (Lipinski definition) is 2. The van der Waals surface area contributed by atoms with Gasteiger partial charge in [0.1, 0.15) is 0 Å². The van der Waals surface area contributed by atoms with Gasteiger partial charge in [0.05, 0.1) is 0 Å². The maximum atomic E-state index is 6.06. The van der Waals surface area contributed by atoms with Crippen LogP contribution in [0.4, 0.5) is 0 Å². The first-order chi connectivity index (χ1) is 7.16. The molecule has 0 spiro atoms. The van der Waals surface area contributed by atoms with E-state index in [1.54, 1.807) is 0 Å². The summed E-state index contributed by atoms with van der Waals surface area (Å²) in [5.74, 6) is 0. The molecule has 0 amide bonds. The monoisotopic (exact) mass is 204 g/mol. The highest BCUT2D eigenvalue weighted by molar-refractivity contribution is 5.29. The van der Waals surface area contributed by atoms with E-state index in [4.69, 9.17) is 5.73 Å². The maximum absolute atomic E-state index is 6.06. The molecule has 15 heavy (non-hydrogen) atoms. The minimum absolute atomic E-state index is 0.339. The van der Waals surface area contributed by atoms with Gasteiger partial charge in [0, 0.05) is 18.1 Å². The zero-order valence-corrected chi connectivity index (χ0v) is 9.53. The van der Waals surface area contributed by atoms with Crippen molar-refractivity contribution in [2.24, 2.45) is 5.73 Å². The fourth-order valence-corrected chi connectivity index (χ4v) is 2.53. The van der Waals surface area contributed by atoms with E-state index in [1.807, 2.05) is 0 Å². The average molecular weight is 204 g/mol. The number of aryl methyl sites for hydroxylation is 1. The third kappa shape index (κ3) is 2.39. The van der Waals surface area contributed by atoms with Gasteiger partial charge in [-0.05, 0) is 37.8 Å². The first kappa shape index (κ1) is 10.7. The molecule has 3 atom stereocenters. The van der Waals surface area contributed by atoms with Crippen molar-refractivity contribution in [3.05, 3.63) is 35.4 Å². The third-order valence-corrected chi connectivity index (χ3v) is 3.24. The summed E-state index contributed by atoms with van der Waals surface area (Å²) in [7, 11) is 0. The molecule has 1 aliphatic heterocycles. The molecular weight excluding hydrogens is 184 g/mol. The topological polar surface area (TPSA) is 38.0 Å². The van der Waals surface area contributed by atoms with Crippen LogP contribution in [0.1, 0.15) is 36.9 Å². The number of hydrogen-bond donors (Lipinski definition) is 2. The molecule has 3 N–H and O–H groups in total. The number of benzene rings is 1. The van der Waals surface area contributed by atoms with E-state index >= 15 is 0 Å². The Morgan fingerprint density at radius 2 is 2.00 bits per heavy atom. The van der Waals surface area contributed by atoms with Crippen LogP contribution >= 0.6 is 0 Å². The highest BCUT2D eigenvalue weighted by Gasteiger charge is 2.25. The van der Waals surface area contributed by atoms with Crippen LogP contribution in [0.3, 0.4) is 0 Å². The fraction of sp³-hybridized carbons (Fsp3) is 0.538. The number of rotatable bonds is 1. The van der Waals surface area contributed by atoms with Gasteiger partial charge in [-0.15, -0.1) is 0 Å². The molecule has 1 saturated heterocycles. The van der Waals surface area contributed by atoms with Gasteiger partial charge >= 0.3 is 0 Å². The molecule has 1 aromatic rings. The number of nitrogens with one attached hydrogen (secondary N) is 1. The van der Waals surface area contributed by atoms with E-state index in [-0.39, 0.29) is 0 Å². The van der Waals surface area contributed by atoms with Crippen LogP contribution in [-0.2, 0) is 0 Å². The van der Waals surface area contributed by atoms with Crippen LogP contribution in [0.15, 0.2) is 24.3 Å². The van der Waals surface area contributed by atoms with Gasteiger partial charge in [-0.3, -0.25) is 0 Å². The summed E-state index contributed by atoms with van der Waals surface area (Å²) in [5.41, 5.74) is 8.82. The van der Waals surface area contributed by atoms with Crippen molar-refractivity contribution in [1.29, 1.82) is 0 Å². The van der Waals surface area contributed by atoms with Crippen molar-refractivity contribution in [3.63, 3.8) is 0 Å². The van der Waals surface area contributed by atoms with E-state index < -0.39 is 0 Å². The fourth-order valence-electron chi connectivity index (χ4n) is 2.53. The smallest absolute Gasteiger partial charge is 0.0339 e. The third-order valence-electron chi connectivity index (χ3n) is 3.24. The van der Waals surface area contributed by atoms with Crippen LogP contribution in [-0.4, -0.2) is 12.1 Å². The van der Waals surface area contributed by atoms with Gasteiger partial charge in [-0.2, -0.15) is 0 Å². The molecule has 0 aliphatic carbocycles. The lowest BCUT2D eigenvalue weighted by molar-refractivity contribution is 0.307. The Morgan fingerprint density at radius 3 is 2.67 bits per heavy atom. The molecule has 2 rings (SSSR count). The summed E-state index contributed by atoms with van der Waals surface area (Å²) in [4.78, 5) is 0. The molecule has 2 heteroatoms. The van der Waals surface area contributed by atoms with Crippen molar-refractivity contribution in [3.8, 4) is 0 Å². The lowest BCUT2D eigenvalue weighted by atomic mass is 9.89. The molecule has 0 aromatic heterocycles. The Kier molecular flexibility index (Phi) is 3.08. The predicted octanol–water partition coefficient (Wildman–Crippen LogP) is 2.14. The molecule has 0 saturated carbocycles. The van der Waals surface area contributed by atoms with Crippen molar-refractivity contribution >= 4 is 0 Å². The Hall–Kier alpha value is -0.860. The summed E-state index contributed by atoms with van der Waals surface area (Å²) >= 11 is 0. The largest absolute Gasteiger partial charge is 0.328 e. The zero-order valence-electron chi connectivity index (χ0n) is 9.53. The van der Waals surface area contributed by atoms with Crippen molar-refractivity contribution < 1.29 is 0 Å². The van der Waals surface area contributed by atoms with E-state index in [1.165, 1.54) is 11.1 Å². The maximum Gasteiger partial charge on any atom is 0.0339 e. The normalized spacial score (nSPS) is 31.5. The summed E-state index contributed by atoms with van der Waals surface area (Å²) in [6.45, 7) is 4.38. The van der Waals surface area contributed by atoms with Gasteiger partial charge in [-0.1, -0.05) is 24.3 Å². The first-order valence-corrected chi connectivity index (χ1v) is 5.74. The van der Waals surface area contributed by atoms with Crippen molar-refractivity contribution in [2.45, 2.75) is 44.8 Å². The molecule has 1 fully saturated rings. The number of piperidine rings is 1. The van der Waals surface area contributed by atoms with Crippen LogP contribution in [0.5, 0.6) is 0 Å². The zero-order chi connectivity index (χ0) is 10.8. The van der Waals surface area contributed by atoms with Gasteiger partial charge in [0.2, 0.25) is 0 Å². The quantitative estimate of drug-likeness (QED) is 0.735. The Balaban J connectivity index is 2.20. The minimum Gasteiger partial charge on any atom is -0.328 e. The summed E-state index contributed by atoms with van der Waals surface area (Å²) in [6, 6.07) is 9.87. The lowest BCUT2D eigenvalue weighted by Crippen LogP contribution is -2.44. The minimum atomic E-state index is 0.339. The lowest BCUT2D eigenvalue weighted by Gasteiger charge is -2.34. The van der Waals surface area contributed by atoms with Gasteiger partial charge in [0.15, 0.2) is 0 Å². The van der Waals surface area contributed by atoms with Gasteiger partial charge in [0.25, 0.3) is 0 Å². The van der Waals surface area contributed by atoms with Gasteiger partial charge in [-0.25, -0.2) is 0 Å². The Bertz CT molecular complexity index is 325. The predicted molar refractivity (Wildman–Crippen MR) is 63.7 cm³/mol. The Morgan fingerprint density at radius 1 is 1.27 bits per heavy atom. The van der Waals surface area contributed by atoms with E-state index in [0.717, 1.165) is 12.8 Å². The molecule has 1 aromatic carbocycles. The summed E-state index contributed by atoms with van der Waals surface area (Å²) < 4.78 is 0. The average Bonchev–Trinajstić information content (AvgIpc) is 2.16. The van der Waals surface area contributed by atoms with Crippen molar-refractivity contribution in [2.75, 3.05) is 0 Å². The molecule has 0 radical (unpaired) electrons. The highest BCUT2D eigenvalue weighted by Crippen LogP contribution is 2.26. The SMILES string of the molecule is Cc1ccccc1[C@@H]1C[C@H](N)C[C@H](C)N1. The van der Waals surface area contributed by atoms with E-state index in [2.05, 4.69) is 43.4 Å². The van der Waals surface area contributed by atoms with E-state index in [9.17, 15) is 0 Å². The summed E-state index contributed by atoms with van der Waals surface area (Å²) in [6.07, 6.45) is 2.14. The molecular formula is C13H20N2. The van der Waals surface area contributed by atoms with Gasteiger partial charge < -0.3 is 11.1 Å². The van der Waals surface area contributed by atoms with Crippen LogP contribution in [0, 0.1) is 6.92 Å². The molecule has 1 aliphatic rings. The molecule has 0 bridgehead atoms. The van der Waals surface area contributed by atoms with Crippen LogP contribution in [0.2, 0.25) is 0 Å². The van der Waals surface area contributed by atoms with E-state index in [0.29, 0.717) is 18.1 Å². The van der Waals surface area contributed by atoms with Crippen molar-refractivity contribution in [1.82, 2.24) is 5.32 Å². The van der Waals surface area contributed by atoms with Crippen LogP contribution < -0.4 is 11.1 Å². The molecule has 82 valence electrons. The number of nitrogens with two attached hydrogens (primary N) is 1. The second-order valence-electron chi connectivity index (χ2n) is 4.71. The molecule has 0 unspecified atom stereocenters. The molecule has 1 heterocycles. The first-order valence-electron chi connectivity index (χ1n) is 5.74. The highest BCUT2D eigenvalue weighted by atomic mass is 15.0. The van der Waals surface area contributed by atoms with Crippen LogP contribution in [0.25, 0.3) is 0 Å². The standard InChI is InChI=1S/C13H20N2/c1-9-5-3-4-6-12(9)13-8-11(14)7-10(2)15-13/h3-6,10-11,13,15H,7-8,14H2,1-2H3/t10-,11+,13-/m0/s1.